The summed E-state index contributed by atoms with van der Waals surface area (Å²) >= 11 is 0. The van der Waals surface area contributed by atoms with E-state index in [2.05, 4.69) is 14.0 Å². The smallest absolute Gasteiger partial charge is 0.0667 e. The van der Waals surface area contributed by atoms with Crippen LogP contribution in [0.3, 0.4) is 0 Å². The largest absolute Gasteiger partial charge is 0.476 e. The lowest BCUT2D eigenvalue weighted by Crippen LogP contribution is -2.84. The molecule has 1 aliphatic heterocycles. The van der Waals surface area contributed by atoms with Crippen molar-refractivity contribution in [3.8, 4) is 0 Å². The fourth-order valence-electron chi connectivity index (χ4n) is 1.25. The van der Waals surface area contributed by atoms with Crippen LogP contribution >= 0.6 is 0 Å². The first kappa shape index (κ1) is 7.03. The Bertz CT molecular complexity index is 85.0. The highest BCUT2D eigenvalue weighted by Crippen LogP contribution is 2.09. The van der Waals surface area contributed by atoms with Crippen LogP contribution in [-0.2, 0) is 4.74 Å². The molecule has 1 fully saturated rings. The summed E-state index contributed by atoms with van der Waals surface area (Å²) in [5.41, 5.74) is 0. The van der Waals surface area contributed by atoms with Crippen molar-refractivity contribution >= 4 is 0 Å². The van der Waals surface area contributed by atoms with Gasteiger partial charge in [0.2, 0.25) is 0 Å². The summed E-state index contributed by atoms with van der Waals surface area (Å²) in [4.78, 5) is 0. The first-order valence-corrected chi connectivity index (χ1v) is 3.57. The highest BCUT2D eigenvalue weighted by atomic mass is 16.5. The summed E-state index contributed by atoms with van der Waals surface area (Å²) in [5, 5.41) is 2.04. The van der Waals surface area contributed by atoms with Gasteiger partial charge in [0.25, 0.3) is 0 Å². The van der Waals surface area contributed by atoms with Crippen molar-refractivity contribution in [1.29, 1.82) is 0 Å². The molecule has 2 unspecified atom stereocenters. The van der Waals surface area contributed by atoms with Gasteiger partial charge in [-0.15, -0.1) is 0 Å². The number of ether oxygens (including phenoxy) is 1. The summed E-state index contributed by atoms with van der Waals surface area (Å²) in [7, 11) is 3.76. The lowest BCUT2D eigenvalue weighted by Gasteiger charge is -2.26. The summed E-state index contributed by atoms with van der Waals surface area (Å²) in [6.45, 7) is 3.04. The van der Waals surface area contributed by atoms with E-state index in [9.17, 15) is 0 Å². The number of hydrogen-bond donors (Lipinski definition) is 1. The third-order valence-corrected chi connectivity index (χ3v) is 1.86. The molecule has 1 rings (SSSR count). The summed E-state index contributed by atoms with van der Waals surface area (Å²) in [6.07, 6.45) is 2.76. The zero-order chi connectivity index (χ0) is 6.69. The number of hydrogen-bond acceptors (Lipinski definition) is 1. The molecule has 0 aromatic rings. The fourth-order valence-corrected chi connectivity index (χ4v) is 1.25. The molecule has 0 spiro atoms. The highest BCUT2D eigenvalue weighted by Gasteiger charge is 2.18. The molecule has 0 bridgehead atoms. The van der Waals surface area contributed by atoms with E-state index in [4.69, 9.17) is 4.74 Å². The van der Waals surface area contributed by atoms with Gasteiger partial charge in [-0.05, 0) is 6.92 Å². The Labute approximate surface area is 56.6 Å². The molecular formula is C7H15NO. The second-order valence-corrected chi connectivity index (χ2v) is 2.70. The van der Waals surface area contributed by atoms with Crippen LogP contribution in [0.2, 0.25) is 0 Å². The molecule has 1 saturated heterocycles. The van der Waals surface area contributed by atoms with Crippen molar-refractivity contribution < 1.29 is 10.1 Å². The predicted octanol–water partition coefficient (Wildman–Crippen LogP) is -0.0911. The molecule has 2 N–H and O–H groups in total. The average molecular weight is 129 g/mol. The number of rotatable bonds is 1. The zero-order valence-electron chi connectivity index (χ0n) is 5.97. The van der Waals surface area contributed by atoms with E-state index >= 15 is 0 Å². The third-order valence-electron chi connectivity index (χ3n) is 1.86. The van der Waals surface area contributed by atoms with Gasteiger partial charge in [-0.2, -0.15) is 7.05 Å². The molecule has 0 aliphatic carbocycles. The van der Waals surface area contributed by atoms with E-state index in [0.29, 0.717) is 12.1 Å². The molecule has 0 radical (unpaired) electrons. The maximum absolute atomic E-state index is 5.36. The SMILES string of the molecule is [CH2-][NH2+]C1CCOC(C)C1. The van der Waals surface area contributed by atoms with Crippen molar-refractivity contribution in [3.05, 3.63) is 7.05 Å². The first-order chi connectivity index (χ1) is 4.33. The van der Waals surface area contributed by atoms with Crippen LogP contribution in [0.5, 0.6) is 0 Å². The van der Waals surface area contributed by atoms with Crippen molar-refractivity contribution in [2.75, 3.05) is 6.61 Å². The van der Waals surface area contributed by atoms with Gasteiger partial charge in [0.1, 0.15) is 0 Å². The van der Waals surface area contributed by atoms with Gasteiger partial charge in [-0.1, -0.05) is 0 Å². The van der Waals surface area contributed by atoms with Crippen molar-refractivity contribution in [3.63, 3.8) is 0 Å². The number of nitrogens with two attached hydrogens (primary N) is 1. The van der Waals surface area contributed by atoms with Crippen LogP contribution in [0.15, 0.2) is 0 Å². The van der Waals surface area contributed by atoms with Crippen LogP contribution in [0.25, 0.3) is 0 Å². The van der Waals surface area contributed by atoms with Gasteiger partial charge in [0, 0.05) is 12.8 Å². The summed E-state index contributed by atoms with van der Waals surface area (Å²) in [6, 6.07) is 0.703. The Morgan fingerprint density at radius 3 is 2.89 bits per heavy atom. The van der Waals surface area contributed by atoms with Crippen LogP contribution < -0.4 is 5.32 Å². The Hall–Kier alpha value is -0.0800. The van der Waals surface area contributed by atoms with Gasteiger partial charge in [0.15, 0.2) is 0 Å². The molecular weight excluding hydrogens is 114 g/mol. The molecule has 0 saturated carbocycles. The highest BCUT2D eigenvalue weighted by molar-refractivity contribution is 4.65. The molecule has 54 valence electrons. The maximum atomic E-state index is 5.36. The quantitative estimate of drug-likeness (QED) is 0.492. The number of quaternary nitrogens is 1. The average Bonchev–Trinajstić information content (AvgIpc) is 1.88. The van der Waals surface area contributed by atoms with E-state index in [0.717, 1.165) is 19.4 Å². The van der Waals surface area contributed by atoms with Crippen LogP contribution in [-0.4, -0.2) is 18.8 Å². The maximum Gasteiger partial charge on any atom is 0.0667 e. The van der Waals surface area contributed by atoms with Gasteiger partial charge in [-0.25, -0.2) is 0 Å². The Morgan fingerprint density at radius 1 is 1.67 bits per heavy atom. The normalized spacial score (nSPS) is 36.7. The molecule has 2 heteroatoms. The Kier molecular flexibility index (Phi) is 2.49. The van der Waals surface area contributed by atoms with Crippen molar-refractivity contribution in [2.24, 2.45) is 0 Å². The van der Waals surface area contributed by atoms with Gasteiger partial charge in [0.05, 0.1) is 18.8 Å². The topological polar surface area (TPSA) is 25.8 Å². The second kappa shape index (κ2) is 3.18. The molecule has 2 nitrogen and oxygen atoms in total. The summed E-state index contributed by atoms with van der Waals surface area (Å²) < 4.78 is 5.36. The fraction of sp³-hybridized carbons (Fsp3) is 0.857. The third kappa shape index (κ3) is 1.95. The standard InChI is InChI=1S/C7H15NO/c1-6-5-7(8-2)3-4-9-6/h6-7H,2-5,8H2,1H3. The lowest BCUT2D eigenvalue weighted by molar-refractivity contribution is -0.639. The molecule has 1 heterocycles. The van der Waals surface area contributed by atoms with E-state index in [1.54, 1.807) is 0 Å². The zero-order valence-corrected chi connectivity index (χ0v) is 5.97. The first-order valence-electron chi connectivity index (χ1n) is 3.57. The van der Waals surface area contributed by atoms with Gasteiger partial charge in [-0.3, -0.25) is 0 Å². The second-order valence-electron chi connectivity index (χ2n) is 2.70. The van der Waals surface area contributed by atoms with E-state index < -0.39 is 0 Å². The van der Waals surface area contributed by atoms with E-state index in [1.165, 1.54) is 0 Å². The molecule has 1 aliphatic rings. The van der Waals surface area contributed by atoms with Crippen molar-refractivity contribution in [1.82, 2.24) is 0 Å². The van der Waals surface area contributed by atoms with E-state index in [1.807, 2.05) is 5.32 Å². The molecule has 2 atom stereocenters. The molecule has 0 amide bonds. The molecule has 0 aromatic heterocycles. The minimum Gasteiger partial charge on any atom is -0.476 e. The molecule has 9 heavy (non-hydrogen) atoms. The molecule has 0 aromatic carbocycles. The Morgan fingerprint density at radius 2 is 2.44 bits per heavy atom. The van der Waals surface area contributed by atoms with Crippen LogP contribution in [0.4, 0.5) is 0 Å². The van der Waals surface area contributed by atoms with E-state index in [-0.39, 0.29) is 0 Å². The summed E-state index contributed by atoms with van der Waals surface area (Å²) in [5.74, 6) is 0. The minimum absolute atomic E-state index is 0.446. The van der Waals surface area contributed by atoms with Gasteiger partial charge >= 0.3 is 0 Å². The Balaban J connectivity index is 2.23. The minimum atomic E-state index is 0.446. The van der Waals surface area contributed by atoms with Crippen LogP contribution in [0.1, 0.15) is 19.8 Å². The monoisotopic (exact) mass is 129 g/mol. The van der Waals surface area contributed by atoms with Gasteiger partial charge < -0.3 is 10.1 Å². The van der Waals surface area contributed by atoms with Crippen molar-refractivity contribution in [2.45, 2.75) is 31.9 Å². The predicted molar refractivity (Wildman–Crippen MR) is 35.7 cm³/mol. The van der Waals surface area contributed by atoms with Crippen LogP contribution in [0, 0.1) is 7.05 Å². The lowest BCUT2D eigenvalue weighted by atomic mass is 10.1.